The summed E-state index contributed by atoms with van der Waals surface area (Å²) in [5.41, 5.74) is -0.267. The summed E-state index contributed by atoms with van der Waals surface area (Å²) < 4.78 is 26.6. The molecule has 2 aliphatic heterocycles. The van der Waals surface area contributed by atoms with Crippen LogP contribution in [0.4, 0.5) is 8.78 Å². The van der Waals surface area contributed by atoms with E-state index in [1.165, 1.54) is 12.3 Å². The first-order valence-electron chi connectivity index (χ1n) is 12.0. The molecule has 4 heterocycles. The molecule has 192 valence electrons. The van der Waals surface area contributed by atoms with E-state index in [0.717, 1.165) is 39.0 Å². The van der Waals surface area contributed by atoms with Gasteiger partial charge in [-0.15, -0.1) is 0 Å². The number of rotatable bonds is 9. The van der Waals surface area contributed by atoms with Gasteiger partial charge < -0.3 is 15.5 Å². The Morgan fingerprint density at radius 2 is 1.97 bits per heavy atom. The van der Waals surface area contributed by atoms with Gasteiger partial charge in [-0.3, -0.25) is 25.0 Å². The SMILES string of the molecule is CCC(=O)N1CCC(N2CC(N/C=C(/NC(=O)c3cccc(-c4cc[nH]n4)n3)C(=N)C(F)F)C2)CC1. The number of carbonyl (C=O) groups is 2. The maximum Gasteiger partial charge on any atom is 0.281 e. The first-order valence-corrected chi connectivity index (χ1v) is 12.0. The van der Waals surface area contributed by atoms with Gasteiger partial charge in [-0.05, 0) is 31.0 Å². The third-order valence-electron chi connectivity index (χ3n) is 6.51. The topological polar surface area (TPSA) is 130 Å². The first kappa shape index (κ1) is 25.4. The van der Waals surface area contributed by atoms with E-state index >= 15 is 0 Å². The molecule has 10 nitrogen and oxygen atoms in total. The number of piperidine rings is 1. The van der Waals surface area contributed by atoms with E-state index in [2.05, 4.69) is 30.7 Å². The molecule has 4 N–H and O–H groups in total. The molecule has 0 aliphatic carbocycles. The van der Waals surface area contributed by atoms with Crippen molar-refractivity contribution in [3.05, 3.63) is 48.1 Å². The van der Waals surface area contributed by atoms with Gasteiger partial charge in [0.25, 0.3) is 12.3 Å². The van der Waals surface area contributed by atoms with Gasteiger partial charge in [0.2, 0.25) is 5.91 Å². The summed E-state index contributed by atoms with van der Waals surface area (Å²) in [5.74, 6) is -0.518. The number of aromatic nitrogens is 3. The maximum atomic E-state index is 13.3. The lowest BCUT2D eigenvalue weighted by Gasteiger charge is -2.47. The smallest absolute Gasteiger partial charge is 0.281 e. The van der Waals surface area contributed by atoms with Crippen LogP contribution in [-0.4, -0.2) is 87.2 Å². The van der Waals surface area contributed by atoms with Crippen LogP contribution in [0.15, 0.2) is 42.4 Å². The van der Waals surface area contributed by atoms with Crippen LogP contribution >= 0.6 is 0 Å². The Balaban J connectivity index is 1.33. The number of likely N-dealkylation sites (tertiary alicyclic amines) is 2. The molecule has 12 heteroatoms. The molecule has 0 saturated carbocycles. The van der Waals surface area contributed by atoms with Crippen LogP contribution in [0.2, 0.25) is 0 Å². The fraction of sp³-hybridized carbons (Fsp3) is 0.458. The molecule has 0 radical (unpaired) electrons. The van der Waals surface area contributed by atoms with Gasteiger partial charge >= 0.3 is 0 Å². The minimum Gasteiger partial charge on any atom is -0.384 e. The highest BCUT2D eigenvalue weighted by Crippen LogP contribution is 2.22. The maximum absolute atomic E-state index is 13.3. The van der Waals surface area contributed by atoms with Crippen LogP contribution in [0.25, 0.3) is 11.4 Å². The van der Waals surface area contributed by atoms with Gasteiger partial charge in [0.05, 0.1) is 17.4 Å². The number of halogens is 2. The van der Waals surface area contributed by atoms with Crippen LogP contribution in [0.1, 0.15) is 36.7 Å². The minimum atomic E-state index is -3.05. The third kappa shape index (κ3) is 5.93. The predicted molar refractivity (Wildman–Crippen MR) is 129 cm³/mol. The fourth-order valence-corrected chi connectivity index (χ4v) is 4.41. The fourth-order valence-electron chi connectivity index (χ4n) is 4.41. The molecule has 2 amide bonds. The molecular weight excluding hydrogens is 470 g/mol. The largest absolute Gasteiger partial charge is 0.384 e. The van der Waals surface area contributed by atoms with Crippen molar-refractivity contribution in [2.24, 2.45) is 0 Å². The van der Waals surface area contributed by atoms with Crippen molar-refractivity contribution in [3.8, 4) is 11.4 Å². The average Bonchev–Trinajstić information content (AvgIpc) is 3.41. The molecule has 2 fully saturated rings. The molecule has 2 aliphatic rings. The molecule has 0 atom stereocenters. The number of allylic oxidation sites excluding steroid dienone is 1. The number of aromatic amines is 1. The van der Waals surface area contributed by atoms with Crippen LogP contribution in [-0.2, 0) is 4.79 Å². The standard InChI is InChI=1S/C24H30F2N8O2/c1-2-21(35)33-10-7-16(8-11-33)34-13-15(14-34)28-12-20(22(27)23(25)26)31-24(36)19-5-3-4-17(30-19)18-6-9-29-32-18/h3-6,9,12,15-16,23,27-28H,2,7-8,10-11,13-14H2,1H3,(H,29,32)(H,31,36)/b20-12+,27-22?. The number of hydrogen-bond donors (Lipinski definition) is 4. The predicted octanol–water partition coefficient (Wildman–Crippen LogP) is 2.00. The van der Waals surface area contributed by atoms with E-state index in [1.807, 2.05) is 11.8 Å². The lowest BCUT2D eigenvalue weighted by Crippen LogP contribution is -2.62. The van der Waals surface area contributed by atoms with Crippen LogP contribution in [0, 0.1) is 5.41 Å². The summed E-state index contributed by atoms with van der Waals surface area (Å²) in [6.45, 7) is 4.82. The van der Waals surface area contributed by atoms with E-state index in [4.69, 9.17) is 5.41 Å². The Kier molecular flexibility index (Phi) is 8.04. The molecule has 36 heavy (non-hydrogen) atoms. The lowest BCUT2D eigenvalue weighted by atomic mass is 9.97. The molecular formula is C24H30F2N8O2. The van der Waals surface area contributed by atoms with Crippen molar-refractivity contribution in [1.29, 1.82) is 5.41 Å². The number of nitrogens with zero attached hydrogens (tertiary/aromatic N) is 4. The van der Waals surface area contributed by atoms with Gasteiger partial charge in [-0.2, -0.15) is 5.10 Å². The van der Waals surface area contributed by atoms with Gasteiger partial charge in [0.15, 0.2) is 0 Å². The van der Waals surface area contributed by atoms with E-state index in [-0.39, 0.29) is 23.3 Å². The molecule has 0 spiro atoms. The van der Waals surface area contributed by atoms with Crippen molar-refractivity contribution in [2.75, 3.05) is 26.2 Å². The highest BCUT2D eigenvalue weighted by Gasteiger charge is 2.34. The average molecular weight is 501 g/mol. The van der Waals surface area contributed by atoms with Crippen molar-refractivity contribution in [2.45, 2.75) is 44.7 Å². The highest BCUT2D eigenvalue weighted by molar-refractivity contribution is 6.05. The van der Waals surface area contributed by atoms with Crippen molar-refractivity contribution in [1.82, 2.24) is 35.6 Å². The zero-order valence-corrected chi connectivity index (χ0v) is 20.0. The third-order valence-corrected chi connectivity index (χ3v) is 6.51. The summed E-state index contributed by atoms with van der Waals surface area (Å²) in [7, 11) is 0. The van der Waals surface area contributed by atoms with Crippen molar-refractivity contribution < 1.29 is 18.4 Å². The van der Waals surface area contributed by atoms with Gasteiger partial charge in [0, 0.05) is 51.0 Å². The number of alkyl halides is 2. The number of hydrogen-bond acceptors (Lipinski definition) is 7. The summed E-state index contributed by atoms with van der Waals surface area (Å²) in [5, 5.41) is 19.9. The minimum absolute atomic E-state index is 0.0128. The number of carbonyl (C=O) groups excluding carboxylic acids is 2. The lowest BCUT2D eigenvalue weighted by molar-refractivity contribution is -0.132. The van der Waals surface area contributed by atoms with E-state index in [0.29, 0.717) is 23.9 Å². The number of amides is 2. The Bertz CT molecular complexity index is 1110. The van der Waals surface area contributed by atoms with Gasteiger partial charge in [0.1, 0.15) is 17.1 Å². The quantitative estimate of drug-likeness (QED) is 0.390. The molecule has 0 bridgehead atoms. The second-order valence-electron chi connectivity index (χ2n) is 8.88. The molecule has 2 saturated heterocycles. The summed E-state index contributed by atoms with van der Waals surface area (Å²) >= 11 is 0. The molecule has 2 aromatic rings. The van der Waals surface area contributed by atoms with E-state index in [9.17, 15) is 18.4 Å². The van der Waals surface area contributed by atoms with Crippen LogP contribution in [0.3, 0.4) is 0 Å². The zero-order chi connectivity index (χ0) is 25.7. The summed E-state index contributed by atoms with van der Waals surface area (Å²) in [6, 6.07) is 6.86. The Morgan fingerprint density at radius 3 is 2.61 bits per heavy atom. The van der Waals surface area contributed by atoms with Gasteiger partial charge in [-0.1, -0.05) is 13.0 Å². The second-order valence-corrected chi connectivity index (χ2v) is 8.88. The van der Waals surface area contributed by atoms with Crippen molar-refractivity contribution >= 4 is 17.5 Å². The van der Waals surface area contributed by atoms with E-state index in [1.54, 1.807) is 24.4 Å². The number of pyridine rings is 1. The summed E-state index contributed by atoms with van der Waals surface area (Å²) in [4.78, 5) is 33.0. The first-order chi connectivity index (χ1) is 17.4. The normalized spacial score (nSPS) is 17.7. The zero-order valence-electron chi connectivity index (χ0n) is 20.0. The monoisotopic (exact) mass is 500 g/mol. The van der Waals surface area contributed by atoms with Crippen LogP contribution < -0.4 is 10.6 Å². The van der Waals surface area contributed by atoms with Gasteiger partial charge in [-0.25, -0.2) is 13.8 Å². The molecule has 4 rings (SSSR count). The number of nitrogens with one attached hydrogen (secondary N) is 4. The Labute approximate surface area is 207 Å². The van der Waals surface area contributed by atoms with Crippen molar-refractivity contribution in [3.63, 3.8) is 0 Å². The Morgan fingerprint density at radius 1 is 1.22 bits per heavy atom. The molecule has 2 aromatic heterocycles. The number of H-pyrrole nitrogens is 1. The second kappa shape index (κ2) is 11.4. The van der Waals surface area contributed by atoms with E-state index < -0.39 is 18.0 Å². The van der Waals surface area contributed by atoms with Crippen LogP contribution in [0.5, 0.6) is 0 Å². The molecule has 0 aromatic carbocycles. The highest BCUT2D eigenvalue weighted by atomic mass is 19.3. The Hall–Kier alpha value is -3.67. The molecule has 0 unspecified atom stereocenters. The summed E-state index contributed by atoms with van der Waals surface area (Å²) in [6.07, 6.45) is 2.19.